The van der Waals surface area contributed by atoms with Crippen molar-refractivity contribution in [2.75, 3.05) is 10.6 Å². The van der Waals surface area contributed by atoms with Gasteiger partial charge in [0.1, 0.15) is 11.6 Å². The van der Waals surface area contributed by atoms with Gasteiger partial charge in [-0.25, -0.2) is 0 Å². The molecule has 8 heteroatoms. The van der Waals surface area contributed by atoms with Gasteiger partial charge in [-0.3, -0.25) is 19.9 Å². The Bertz CT molecular complexity index is 1100. The van der Waals surface area contributed by atoms with Crippen molar-refractivity contribution < 1.29 is 9.72 Å². The summed E-state index contributed by atoms with van der Waals surface area (Å²) < 4.78 is 0. The molecule has 1 heterocycles. The summed E-state index contributed by atoms with van der Waals surface area (Å²) >= 11 is 0. The van der Waals surface area contributed by atoms with Gasteiger partial charge in [0.05, 0.1) is 16.1 Å². The average molecular weight is 359 g/mol. The Kier molecular flexibility index (Phi) is 5.05. The summed E-state index contributed by atoms with van der Waals surface area (Å²) in [4.78, 5) is 26.8. The number of nitro benzene ring substituents is 1. The summed E-state index contributed by atoms with van der Waals surface area (Å²) in [5.41, 5.74) is 1.23. The lowest BCUT2D eigenvalue weighted by molar-refractivity contribution is -0.384. The van der Waals surface area contributed by atoms with Crippen LogP contribution in [0.4, 0.5) is 17.1 Å². The first-order valence-electron chi connectivity index (χ1n) is 7.85. The van der Waals surface area contributed by atoms with Gasteiger partial charge < -0.3 is 10.6 Å². The zero-order valence-corrected chi connectivity index (χ0v) is 13.9. The van der Waals surface area contributed by atoms with E-state index in [-0.39, 0.29) is 16.9 Å². The number of nitrogens with zero attached hydrogens (tertiary/aromatic N) is 3. The molecule has 0 spiro atoms. The number of aromatic nitrogens is 1. The first-order valence-corrected chi connectivity index (χ1v) is 7.85. The number of anilines is 2. The number of nitro groups is 1. The number of hydrogen-bond acceptors (Lipinski definition) is 6. The first-order chi connectivity index (χ1) is 13.1. The predicted octanol–water partition coefficient (Wildman–Crippen LogP) is 3.60. The van der Waals surface area contributed by atoms with Crippen molar-refractivity contribution in [3.63, 3.8) is 0 Å². The third-order valence-corrected chi connectivity index (χ3v) is 3.68. The SMILES string of the molecule is N#C/C(=C/Nc1cccc2cccnc12)C(=O)Nc1cccc([N+](=O)[O-])c1. The number of non-ortho nitro benzene ring substituents is 1. The summed E-state index contributed by atoms with van der Waals surface area (Å²) in [6, 6.07) is 16.5. The quantitative estimate of drug-likeness (QED) is 0.311. The molecular formula is C19H13N5O3. The summed E-state index contributed by atoms with van der Waals surface area (Å²) in [7, 11) is 0. The molecule has 27 heavy (non-hydrogen) atoms. The van der Waals surface area contributed by atoms with Crippen LogP contribution in [0.15, 0.2) is 72.6 Å². The highest BCUT2D eigenvalue weighted by Gasteiger charge is 2.12. The Balaban J connectivity index is 1.80. The van der Waals surface area contributed by atoms with E-state index in [2.05, 4.69) is 15.6 Å². The normalized spacial score (nSPS) is 10.9. The zero-order chi connectivity index (χ0) is 19.2. The number of pyridine rings is 1. The highest BCUT2D eigenvalue weighted by molar-refractivity contribution is 6.07. The van der Waals surface area contributed by atoms with Crippen LogP contribution >= 0.6 is 0 Å². The number of carbonyl (C=O) groups is 1. The molecule has 0 aliphatic carbocycles. The van der Waals surface area contributed by atoms with Crippen molar-refractivity contribution >= 4 is 33.9 Å². The number of rotatable bonds is 5. The molecule has 1 amide bonds. The van der Waals surface area contributed by atoms with Crippen molar-refractivity contribution in [1.82, 2.24) is 4.98 Å². The van der Waals surface area contributed by atoms with E-state index in [1.807, 2.05) is 30.3 Å². The third kappa shape index (κ3) is 4.05. The van der Waals surface area contributed by atoms with E-state index in [9.17, 15) is 20.2 Å². The standard InChI is InChI=1S/C19H13N5O3/c20-11-14(19(25)23-15-6-2-7-16(10-15)24(26)27)12-22-17-8-1-4-13-5-3-9-21-18(13)17/h1-10,12,22H,(H,23,25)/b14-12-. The van der Waals surface area contributed by atoms with E-state index >= 15 is 0 Å². The fourth-order valence-electron chi connectivity index (χ4n) is 2.41. The van der Waals surface area contributed by atoms with Gasteiger partial charge in [-0.05, 0) is 18.2 Å². The molecule has 0 bridgehead atoms. The monoisotopic (exact) mass is 359 g/mol. The van der Waals surface area contributed by atoms with E-state index in [4.69, 9.17) is 0 Å². The highest BCUT2D eigenvalue weighted by Crippen LogP contribution is 2.21. The van der Waals surface area contributed by atoms with Crippen LogP contribution in [0.2, 0.25) is 0 Å². The van der Waals surface area contributed by atoms with Crippen LogP contribution in [0.5, 0.6) is 0 Å². The molecule has 0 saturated carbocycles. The number of nitriles is 1. The zero-order valence-electron chi connectivity index (χ0n) is 13.9. The largest absolute Gasteiger partial charge is 0.358 e. The van der Waals surface area contributed by atoms with Gasteiger partial charge in [0, 0.05) is 35.6 Å². The maximum atomic E-state index is 12.3. The number of para-hydroxylation sites is 1. The lowest BCUT2D eigenvalue weighted by atomic mass is 10.2. The second kappa shape index (κ2) is 7.76. The van der Waals surface area contributed by atoms with Crippen molar-refractivity contribution in [2.24, 2.45) is 0 Å². The number of carbonyl (C=O) groups excluding carboxylic acids is 1. The van der Waals surface area contributed by atoms with Gasteiger partial charge in [0.15, 0.2) is 0 Å². The lowest BCUT2D eigenvalue weighted by Gasteiger charge is -2.07. The number of nitrogens with one attached hydrogen (secondary N) is 2. The Hall–Kier alpha value is -4.25. The fraction of sp³-hybridized carbons (Fsp3) is 0. The topological polar surface area (TPSA) is 121 Å². The molecule has 0 atom stereocenters. The summed E-state index contributed by atoms with van der Waals surface area (Å²) in [5.74, 6) is -0.682. The molecule has 1 aromatic heterocycles. The Morgan fingerprint density at radius 1 is 1.19 bits per heavy atom. The maximum Gasteiger partial charge on any atom is 0.271 e. The molecule has 0 aliphatic heterocycles. The number of hydrogen-bond donors (Lipinski definition) is 2. The third-order valence-electron chi connectivity index (χ3n) is 3.68. The molecule has 132 valence electrons. The lowest BCUT2D eigenvalue weighted by Crippen LogP contribution is -2.14. The van der Waals surface area contributed by atoms with Crippen molar-refractivity contribution in [3.05, 3.63) is 82.7 Å². The number of fused-ring (bicyclic) bond motifs is 1. The van der Waals surface area contributed by atoms with Crippen LogP contribution in [0, 0.1) is 21.4 Å². The van der Waals surface area contributed by atoms with Crippen molar-refractivity contribution in [3.8, 4) is 6.07 Å². The summed E-state index contributed by atoms with van der Waals surface area (Å²) in [5, 5.41) is 26.4. The van der Waals surface area contributed by atoms with Crippen molar-refractivity contribution in [1.29, 1.82) is 5.26 Å². The van der Waals surface area contributed by atoms with E-state index in [0.717, 1.165) is 5.39 Å². The van der Waals surface area contributed by atoms with Crippen LogP contribution in [-0.4, -0.2) is 15.8 Å². The molecule has 2 aromatic carbocycles. The minimum atomic E-state index is -0.682. The predicted molar refractivity (Wildman–Crippen MR) is 101 cm³/mol. The van der Waals surface area contributed by atoms with E-state index in [0.29, 0.717) is 11.2 Å². The van der Waals surface area contributed by atoms with Gasteiger partial charge in [-0.1, -0.05) is 24.3 Å². The Morgan fingerprint density at radius 2 is 1.96 bits per heavy atom. The second-order valence-corrected chi connectivity index (χ2v) is 5.46. The first kappa shape index (κ1) is 17.6. The smallest absolute Gasteiger partial charge is 0.271 e. The molecular weight excluding hydrogens is 346 g/mol. The van der Waals surface area contributed by atoms with Gasteiger partial charge in [0.2, 0.25) is 0 Å². The fourth-order valence-corrected chi connectivity index (χ4v) is 2.41. The van der Waals surface area contributed by atoms with Crippen LogP contribution < -0.4 is 10.6 Å². The van der Waals surface area contributed by atoms with Crippen LogP contribution in [-0.2, 0) is 4.79 Å². The van der Waals surface area contributed by atoms with E-state index in [1.165, 1.54) is 30.5 Å². The molecule has 0 aliphatic rings. The molecule has 0 saturated heterocycles. The van der Waals surface area contributed by atoms with Gasteiger partial charge in [0.25, 0.3) is 11.6 Å². The minimum absolute atomic E-state index is 0.157. The summed E-state index contributed by atoms with van der Waals surface area (Å²) in [6.07, 6.45) is 2.92. The number of amides is 1. The number of benzene rings is 2. The van der Waals surface area contributed by atoms with Crippen molar-refractivity contribution in [2.45, 2.75) is 0 Å². The molecule has 0 unspecified atom stereocenters. The average Bonchev–Trinajstić information content (AvgIpc) is 2.68. The molecule has 0 fully saturated rings. The highest BCUT2D eigenvalue weighted by atomic mass is 16.6. The summed E-state index contributed by atoms with van der Waals surface area (Å²) in [6.45, 7) is 0. The van der Waals surface area contributed by atoms with Gasteiger partial charge in [-0.15, -0.1) is 0 Å². The maximum absolute atomic E-state index is 12.3. The molecule has 3 rings (SSSR count). The van der Waals surface area contributed by atoms with E-state index in [1.54, 1.807) is 12.3 Å². The van der Waals surface area contributed by atoms with Crippen LogP contribution in [0.3, 0.4) is 0 Å². The molecule has 2 N–H and O–H groups in total. The van der Waals surface area contributed by atoms with Gasteiger partial charge >= 0.3 is 0 Å². The molecule has 8 nitrogen and oxygen atoms in total. The van der Waals surface area contributed by atoms with Gasteiger partial charge in [-0.2, -0.15) is 5.26 Å². The molecule has 3 aromatic rings. The molecule has 0 radical (unpaired) electrons. The minimum Gasteiger partial charge on any atom is -0.358 e. The Labute approximate surface area is 153 Å². The van der Waals surface area contributed by atoms with Crippen LogP contribution in [0.25, 0.3) is 10.9 Å². The second-order valence-electron chi connectivity index (χ2n) is 5.46. The van der Waals surface area contributed by atoms with E-state index < -0.39 is 10.8 Å². The Morgan fingerprint density at radius 3 is 2.74 bits per heavy atom. The van der Waals surface area contributed by atoms with Crippen LogP contribution in [0.1, 0.15) is 0 Å².